The highest BCUT2D eigenvalue weighted by molar-refractivity contribution is 6.35. The van der Waals surface area contributed by atoms with E-state index in [1.54, 1.807) is 30.3 Å². The molecule has 0 radical (unpaired) electrons. The lowest BCUT2D eigenvalue weighted by molar-refractivity contribution is -0.141. The zero-order valence-corrected chi connectivity index (χ0v) is 15.8. The van der Waals surface area contributed by atoms with Gasteiger partial charge in [0.1, 0.15) is 11.5 Å². The Hall–Kier alpha value is -2.24. The fourth-order valence-corrected chi connectivity index (χ4v) is 2.43. The Bertz CT molecular complexity index is 791. The second-order valence-corrected chi connectivity index (χ2v) is 6.26. The number of carbonyl (C=O) groups excluding carboxylic acids is 2. The fourth-order valence-electron chi connectivity index (χ4n) is 1.97. The summed E-state index contributed by atoms with van der Waals surface area (Å²) in [5.41, 5.74) is 0.304. The smallest absolute Gasteiger partial charge is 0.352 e. The quantitative estimate of drug-likeness (QED) is 0.490. The summed E-state index contributed by atoms with van der Waals surface area (Å²) in [5, 5.41) is 0.752. The van der Waals surface area contributed by atoms with Crippen molar-refractivity contribution >= 4 is 35.1 Å². The van der Waals surface area contributed by atoms with Crippen LogP contribution in [0.25, 0.3) is 0 Å². The van der Waals surface area contributed by atoms with Gasteiger partial charge in [0, 0.05) is 5.02 Å². The molecule has 0 spiro atoms. The molecule has 1 atom stereocenters. The lowest BCUT2D eigenvalue weighted by Gasteiger charge is -2.15. The van der Waals surface area contributed by atoms with Gasteiger partial charge in [-0.15, -0.1) is 0 Å². The topological polar surface area (TPSA) is 61.8 Å². The average molecular weight is 397 g/mol. The van der Waals surface area contributed by atoms with E-state index in [1.165, 1.54) is 19.1 Å². The molecule has 2 aromatic rings. The van der Waals surface area contributed by atoms with Gasteiger partial charge in [-0.1, -0.05) is 36.2 Å². The van der Waals surface area contributed by atoms with Crippen molar-refractivity contribution in [2.24, 2.45) is 0 Å². The number of esters is 2. The van der Waals surface area contributed by atoms with E-state index < -0.39 is 18.0 Å². The molecule has 7 heteroatoms. The van der Waals surface area contributed by atoms with Crippen LogP contribution >= 0.6 is 23.2 Å². The first-order valence-corrected chi connectivity index (χ1v) is 8.77. The maximum absolute atomic E-state index is 12.2. The van der Waals surface area contributed by atoms with E-state index >= 15 is 0 Å². The Morgan fingerprint density at radius 2 is 1.88 bits per heavy atom. The third-order valence-electron chi connectivity index (χ3n) is 3.26. The van der Waals surface area contributed by atoms with Crippen LogP contribution in [0.3, 0.4) is 0 Å². The molecule has 0 aliphatic rings. The lowest BCUT2D eigenvalue weighted by Crippen LogP contribution is -2.28. The van der Waals surface area contributed by atoms with Gasteiger partial charge in [0.2, 0.25) is 0 Å². The average Bonchev–Trinajstić information content (AvgIpc) is 2.62. The van der Waals surface area contributed by atoms with E-state index in [-0.39, 0.29) is 10.8 Å². The molecular formula is C19H18Cl2O5. The van der Waals surface area contributed by atoms with Crippen LogP contribution in [0.5, 0.6) is 11.5 Å². The van der Waals surface area contributed by atoms with Gasteiger partial charge in [-0.05, 0) is 49.7 Å². The minimum Gasteiger partial charge on any atom is -0.477 e. The molecule has 2 rings (SSSR count). The number of rotatable bonds is 7. The van der Waals surface area contributed by atoms with Crippen molar-refractivity contribution in [3.63, 3.8) is 0 Å². The fraction of sp³-hybridized carbons (Fsp3) is 0.263. The van der Waals surface area contributed by atoms with E-state index in [9.17, 15) is 9.59 Å². The first-order chi connectivity index (χ1) is 12.4. The van der Waals surface area contributed by atoms with Crippen LogP contribution in [-0.2, 0) is 9.53 Å². The Balaban J connectivity index is 2.01. The highest BCUT2D eigenvalue weighted by atomic mass is 35.5. The summed E-state index contributed by atoms with van der Waals surface area (Å²) in [6, 6.07) is 10.9. The summed E-state index contributed by atoms with van der Waals surface area (Å²) >= 11 is 11.8. The van der Waals surface area contributed by atoms with Gasteiger partial charge >= 0.3 is 11.9 Å². The number of hydrogen-bond donors (Lipinski definition) is 0. The van der Waals surface area contributed by atoms with E-state index in [0.29, 0.717) is 22.9 Å². The highest BCUT2D eigenvalue weighted by Gasteiger charge is 2.19. The molecule has 0 saturated heterocycles. The molecule has 0 amide bonds. The summed E-state index contributed by atoms with van der Waals surface area (Å²) in [4.78, 5) is 24.1. The number of hydrogen-bond acceptors (Lipinski definition) is 5. The summed E-state index contributed by atoms with van der Waals surface area (Å²) in [5.74, 6) is -0.562. The monoisotopic (exact) mass is 396 g/mol. The summed E-state index contributed by atoms with van der Waals surface area (Å²) < 4.78 is 15.8. The predicted molar refractivity (Wildman–Crippen MR) is 99.2 cm³/mol. The maximum atomic E-state index is 12.2. The summed E-state index contributed by atoms with van der Waals surface area (Å²) in [7, 11) is 0. The van der Waals surface area contributed by atoms with Crippen LogP contribution < -0.4 is 9.47 Å². The van der Waals surface area contributed by atoms with Gasteiger partial charge in [-0.3, -0.25) is 0 Å². The Morgan fingerprint density at radius 1 is 1.12 bits per heavy atom. The standard InChI is InChI=1S/C19H18Cl2O5/c1-3-9-24-19(23)13-5-4-6-15(10-13)26-18(22)12(2)25-17-8-7-14(20)11-16(17)21/h4-8,10-12H,3,9H2,1-2H3. The van der Waals surface area contributed by atoms with Gasteiger partial charge < -0.3 is 14.2 Å². The lowest BCUT2D eigenvalue weighted by atomic mass is 10.2. The van der Waals surface area contributed by atoms with Crippen LogP contribution in [0.2, 0.25) is 10.0 Å². The van der Waals surface area contributed by atoms with Gasteiger partial charge in [0.25, 0.3) is 0 Å². The summed E-state index contributed by atoms with van der Waals surface area (Å²) in [6.07, 6.45) is -0.188. The van der Waals surface area contributed by atoms with Crippen LogP contribution in [0, 0.1) is 0 Å². The molecule has 5 nitrogen and oxygen atoms in total. The maximum Gasteiger partial charge on any atom is 0.352 e. The molecule has 0 aromatic heterocycles. The van der Waals surface area contributed by atoms with Crippen molar-refractivity contribution in [1.29, 1.82) is 0 Å². The van der Waals surface area contributed by atoms with Crippen molar-refractivity contribution in [2.45, 2.75) is 26.4 Å². The molecule has 0 bridgehead atoms. The van der Waals surface area contributed by atoms with E-state index in [2.05, 4.69) is 0 Å². The number of ether oxygens (including phenoxy) is 3. The largest absolute Gasteiger partial charge is 0.477 e. The van der Waals surface area contributed by atoms with Crippen LogP contribution in [-0.4, -0.2) is 24.6 Å². The Kier molecular flexibility index (Phi) is 7.30. The zero-order valence-electron chi connectivity index (χ0n) is 14.3. The Labute approximate surface area is 161 Å². The van der Waals surface area contributed by atoms with Gasteiger partial charge in [0.15, 0.2) is 6.10 Å². The number of halogens is 2. The molecule has 0 aliphatic carbocycles. The van der Waals surface area contributed by atoms with Crippen molar-refractivity contribution in [3.8, 4) is 11.5 Å². The second kappa shape index (κ2) is 9.46. The predicted octanol–water partition coefficient (Wildman–Crippen LogP) is 4.93. The number of carbonyl (C=O) groups is 2. The van der Waals surface area contributed by atoms with Gasteiger partial charge in [0.05, 0.1) is 17.2 Å². The molecule has 0 fully saturated rings. The van der Waals surface area contributed by atoms with E-state index in [4.69, 9.17) is 37.4 Å². The SMILES string of the molecule is CCCOC(=O)c1cccc(OC(=O)C(C)Oc2ccc(Cl)cc2Cl)c1. The molecule has 0 aliphatic heterocycles. The van der Waals surface area contributed by atoms with Crippen LogP contribution in [0.1, 0.15) is 30.6 Å². The van der Waals surface area contributed by atoms with Crippen LogP contribution in [0.15, 0.2) is 42.5 Å². The molecule has 138 valence electrons. The Morgan fingerprint density at radius 3 is 2.58 bits per heavy atom. The van der Waals surface area contributed by atoms with E-state index in [1.807, 2.05) is 6.92 Å². The molecule has 2 aromatic carbocycles. The first kappa shape index (κ1) is 20.1. The zero-order chi connectivity index (χ0) is 19.1. The van der Waals surface area contributed by atoms with E-state index in [0.717, 1.165) is 6.42 Å². The third-order valence-corrected chi connectivity index (χ3v) is 3.79. The molecule has 0 heterocycles. The van der Waals surface area contributed by atoms with Crippen molar-refractivity contribution in [1.82, 2.24) is 0 Å². The molecule has 1 unspecified atom stereocenters. The molecular weight excluding hydrogens is 379 g/mol. The highest BCUT2D eigenvalue weighted by Crippen LogP contribution is 2.28. The van der Waals surface area contributed by atoms with Crippen molar-refractivity contribution < 1.29 is 23.8 Å². The number of benzene rings is 2. The van der Waals surface area contributed by atoms with Gasteiger partial charge in [-0.2, -0.15) is 0 Å². The normalized spacial score (nSPS) is 11.5. The second-order valence-electron chi connectivity index (χ2n) is 5.42. The van der Waals surface area contributed by atoms with Crippen LogP contribution in [0.4, 0.5) is 0 Å². The first-order valence-electron chi connectivity index (χ1n) is 8.01. The third kappa shape index (κ3) is 5.64. The van der Waals surface area contributed by atoms with Crippen molar-refractivity contribution in [3.05, 3.63) is 58.1 Å². The van der Waals surface area contributed by atoms with Crippen molar-refractivity contribution in [2.75, 3.05) is 6.61 Å². The molecule has 0 saturated carbocycles. The van der Waals surface area contributed by atoms with Gasteiger partial charge in [-0.25, -0.2) is 9.59 Å². The minimum absolute atomic E-state index is 0.221. The minimum atomic E-state index is -0.913. The molecule has 26 heavy (non-hydrogen) atoms. The molecule has 0 N–H and O–H groups in total. The summed E-state index contributed by atoms with van der Waals surface area (Å²) in [6.45, 7) is 3.77.